The number of nitrogens with two attached hydrogens (primary N) is 2. The number of aromatic nitrogens is 3. The molecule has 4 aromatic rings. The second-order valence-electron chi connectivity index (χ2n) is 8.94. The van der Waals surface area contributed by atoms with Gasteiger partial charge in [-0.2, -0.15) is 0 Å². The third kappa shape index (κ3) is 3.99. The average Bonchev–Trinajstić information content (AvgIpc) is 2.94. The van der Waals surface area contributed by atoms with Crippen LogP contribution in [-0.4, -0.2) is 14.1 Å². The number of rotatable bonds is 4. The van der Waals surface area contributed by atoms with Crippen LogP contribution < -0.4 is 21.9 Å². The van der Waals surface area contributed by atoms with Crippen LogP contribution in [-0.2, 0) is 13.6 Å². The number of nitrogen functional groups attached to an aromatic ring is 2. The molecule has 160 valence electrons. The predicted octanol–water partition coefficient (Wildman–Crippen LogP) is 4.40. The topological polar surface area (TPSA) is 101 Å². The van der Waals surface area contributed by atoms with Gasteiger partial charge in [0.15, 0.2) is 0 Å². The first-order valence-electron chi connectivity index (χ1n) is 10.1. The van der Waals surface area contributed by atoms with Crippen LogP contribution in [0.25, 0.3) is 22.2 Å². The Hall–Kier alpha value is -3.74. The van der Waals surface area contributed by atoms with E-state index in [4.69, 9.17) is 16.2 Å². The van der Waals surface area contributed by atoms with Gasteiger partial charge in [0.2, 0.25) is 5.88 Å². The number of ether oxygens (including phenoxy) is 1. The van der Waals surface area contributed by atoms with E-state index in [1.54, 1.807) is 42.1 Å². The van der Waals surface area contributed by atoms with Gasteiger partial charge in [0.1, 0.15) is 5.75 Å². The summed E-state index contributed by atoms with van der Waals surface area (Å²) in [6.07, 6.45) is 1.63. The van der Waals surface area contributed by atoms with Gasteiger partial charge >= 0.3 is 5.69 Å². The van der Waals surface area contributed by atoms with Gasteiger partial charge in [0, 0.05) is 31.0 Å². The van der Waals surface area contributed by atoms with Gasteiger partial charge in [0.25, 0.3) is 0 Å². The largest absolute Gasteiger partial charge is 0.437 e. The number of aryl methyl sites for hydroxylation is 1. The van der Waals surface area contributed by atoms with E-state index in [0.717, 1.165) is 22.2 Å². The molecule has 2 heterocycles. The van der Waals surface area contributed by atoms with Crippen molar-refractivity contribution in [3.8, 4) is 22.8 Å². The van der Waals surface area contributed by atoms with Crippen molar-refractivity contribution in [2.75, 3.05) is 11.5 Å². The van der Waals surface area contributed by atoms with Gasteiger partial charge in [0.05, 0.1) is 16.7 Å². The zero-order valence-corrected chi connectivity index (χ0v) is 18.2. The highest BCUT2D eigenvalue weighted by molar-refractivity contribution is 5.86. The Balaban J connectivity index is 1.78. The van der Waals surface area contributed by atoms with Crippen LogP contribution >= 0.6 is 0 Å². The molecule has 2 aromatic carbocycles. The Morgan fingerprint density at radius 3 is 2.48 bits per heavy atom. The molecule has 0 radical (unpaired) electrons. The number of fused-ring (bicyclic) bond motifs is 1. The molecule has 0 fully saturated rings. The molecule has 4 N–H and O–H groups in total. The van der Waals surface area contributed by atoms with Crippen LogP contribution in [0, 0.1) is 5.41 Å². The second-order valence-corrected chi connectivity index (χ2v) is 8.94. The summed E-state index contributed by atoms with van der Waals surface area (Å²) in [7, 11) is 1.79. The lowest BCUT2D eigenvalue weighted by Gasteiger charge is -2.18. The monoisotopic (exact) mass is 417 g/mol. The van der Waals surface area contributed by atoms with Gasteiger partial charge in [-0.05, 0) is 53.4 Å². The van der Waals surface area contributed by atoms with E-state index in [0.29, 0.717) is 29.5 Å². The van der Waals surface area contributed by atoms with E-state index in [9.17, 15) is 4.79 Å². The number of imidazole rings is 1. The van der Waals surface area contributed by atoms with Crippen molar-refractivity contribution in [3.05, 3.63) is 65.2 Å². The number of hydrogen-bond acceptors (Lipinski definition) is 5. The number of benzene rings is 2. The maximum absolute atomic E-state index is 12.8. The summed E-state index contributed by atoms with van der Waals surface area (Å²) in [6.45, 7) is 6.99. The number of pyridine rings is 1. The molecule has 2 aromatic heterocycles. The van der Waals surface area contributed by atoms with Crippen molar-refractivity contribution in [3.63, 3.8) is 0 Å². The Kier molecular flexibility index (Phi) is 4.97. The third-order valence-electron chi connectivity index (χ3n) is 5.13. The maximum Gasteiger partial charge on any atom is 0.328 e. The molecule has 0 saturated heterocycles. The molecule has 31 heavy (non-hydrogen) atoms. The summed E-state index contributed by atoms with van der Waals surface area (Å²) in [5.74, 6) is 0.921. The van der Waals surface area contributed by atoms with Gasteiger partial charge in [-0.15, -0.1) is 0 Å². The number of hydrogen-bond donors (Lipinski definition) is 2. The van der Waals surface area contributed by atoms with Crippen molar-refractivity contribution < 1.29 is 4.74 Å². The lowest BCUT2D eigenvalue weighted by atomic mass is 9.97. The molecule has 0 spiro atoms. The van der Waals surface area contributed by atoms with Crippen molar-refractivity contribution in [2.24, 2.45) is 12.5 Å². The van der Waals surface area contributed by atoms with E-state index in [1.165, 1.54) is 0 Å². The second kappa shape index (κ2) is 7.50. The predicted molar refractivity (Wildman–Crippen MR) is 125 cm³/mol. The Bertz CT molecular complexity index is 1330. The van der Waals surface area contributed by atoms with Crippen molar-refractivity contribution in [2.45, 2.75) is 27.3 Å². The first-order valence-corrected chi connectivity index (χ1v) is 10.1. The molecule has 0 aliphatic heterocycles. The minimum absolute atomic E-state index is 0.0137. The lowest BCUT2D eigenvalue weighted by Crippen LogP contribution is -2.27. The zero-order chi connectivity index (χ0) is 22.3. The van der Waals surface area contributed by atoms with Crippen LogP contribution in [0.5, 0.6) is 11.6 Å². The van der Waals surface area contributed by atoms with E-state index >= 15 is 0 Å². The molecule has 7 heteroatoms. The minimum atomic E-state index is -0.0299. The molecule has 0 bridgehead atoms. The smallest absolute Gasteiger partial charge is 0.328 e. The molecule has 0 unspecified atom stereocenters. The van der Waals surface area contributed by atoms with Crippen LogP contribution in [0.1, 0.15) is 20.8 Å². The molecule has 0 aliphatic carbocycles. The number of anilines is 2. The van der Waals surface area contributed by atoms with E-state index in [1.807, 2.05) is 28.8 Å². The molecule has 0 amide bonds. The van der Waals surface area contributed by atoms with Crippen LogP contribution in [0.4, 0.5) is 11.4 Å². The molecule has 0 aliphatic rings. The Morgan fingerprint density at radius 1 is 1.00 bits per heavy atom. The molecule has 0 saturated carbocycles. The Labute approximate surface area is 180 Å². The zero-order valence-electron chi connectivity index (χ0n) is 18.2. The summed E-state index contributed by atoms with van der Waals surface area (Å²) in [5, 5.41) is 0. The SMILES string of the molecule is Cn1c(=O)n(CC(C)(C)C)c2ccc(-c3cc(Oc4ncccc4N)ccc3N)cc21. The first-order chi connectivity index (χ1) is 14.6. The highest BCUT2D eigenvalue weighted by Crippen LogP contribution is 2.34. The van der Waals surface area contributed by atoms with Crippen molar-refractivity contribution in [1.82, 2.24) is 14.1 Å². The lowest BCUT2D eigenvalue weighted by molar-refractivity contribution is 0.342. The fourth-order valence-corrected chi connectivity index (χ4v) is 3.65. The summed E-state index contributed by atoms with van der Waals surface area (Å²) < 4.78 is 9.37. The average molecular weight is 418 g/mol. The summed E-state index contributed by atoms with van der Waals surface area (Å²) in [4.78, 5) is 17.0. The van der Waals surface area contributed by atoms with Crippen LogP contribution in [0.3, 0.4) is 0 Å². The van der Waals surface area contributed by atoms with Gasteiger partial charge in [-0.3, -0.25) is 9.13 Å². The van der Waals surface area contributed by atoms with Crippen LogP contribution in [0.15, 0.2) is 59.5 Å². The Morgan fingerprint density at radius 2 is 1.77 bits per heavy atom. The summed E-state index contributed by atoms with van der Waals surface area (Å²) in [5.41, 5.74) is 16.7. The molecule has 7 nitrogen and oxygen atoms in total. The fourth-order valence-electron chi connectivity index (χ4n) is 3.65. The quantitative estimate of drug-likeness (QED) is 0.479. The van der Waals surface area contributed by atoms with Gasteiger partial charge in [-0.1, -0.05) is 26.8 Å². The number of nitrogens with zero attached hydrogens (tertiary/aromatic N) is 3. The van der Waals surface area contributed by atoms with Crippen molar-refractivity contribution in [1.29, 1.82) is 0 Å². The normalized spacial score (nSPS) is 11.7. The molecule has 4 rings (SSSR count). The highest BCUT2D eigenvalue weighted by Gasteiger charge is 2.18. The first kappa shape index (κ1) is 20.5. The summed E-state index contributed by atoms with van der Waals surface area (Å²) >= 11 is 0. The summed E-state index contributed by atoms with van der Waals surface area (Å²) in [6, 6.07) is 14.8. The van der Waals surface area contributed by atoms with Gasteiger partial charge in [-0.25, -0.2) is 9.78 Å². The van der Waals surface area contributed by atoms with Gasteiger partial charge < -0.3 is 16.2 Å². The highest BCUT2D eigenvalue weighted by atomic mass is 16.5. The van der Waals surface area contributed by atoms with Crippen LogP contribution in [0.2, 0.25) is 0 Å². The van der Waals surface area contributed by atoms with E-state index in [2.05, 4.69) is 25.8 Å². The third-order valence-corrected chi connectivity index (χ3v) is 5.13. The fraction of sp³-hybridized carbons (Fsp3) is 0.250. The molecular weight excluding hydrogens is 390 g/mol. The standard InChI is InChI=1S/C24H27N5O2/c1-24(2,3)14-29-20-10-7-15(12-21(20)28(4)23(29)30)17-13-16(8-9-18(17)25)31-22-19(26)6-5-11-27-22/h5-13H,14,25-26H2,1-4H3. The minimum Gasteiger partial charge on any atom is -0.437 e. The van der Waals surface area contributed by atoms with E-state index < -0.39 is 0 Å². The molecule has 0 atom stereocenters. The maximum atomic E-state index is 12.8. The van der Waals surface area contributed by atoms with E-state index in [-0.39, 0.29) is 11.1 Å². The van der Waals surface area contributed by atoms with Crippen molar-refractivity contribution >= 4 is 22.4 Å². The molecular formula is C24H27N5O2.